The van der Waals surface area contributed by atoms with Crippen molar-refractivity contribution in [1.82, 2.24) is 0 Å². The second-order valence-corrected chi connectivity index (χ2v) is 19.1. The minimum Gasteiger partial charge on any atom is -0.508 e. The molecule has 0 aromatic heterocycles. The number of aliphatic hydroxyl groups excluding tert-OH is 2. The molecule has 13 atom stereocenters. The van der Waals surface area contributed by atoms with Gasteiger partial charge in [0.25, 0.3) is 0 Å². The van der Waals surface area contributed by atoms with E-state index in [4.69, 9.17) is 4.74 Å². The molecule has 0 spiro atoms. The van der Waals surface area contributed by atoms with Gasteiger partial charge in [-0.2, -0.15) is 0 Å². The molecular weight excluding hydrogens is 670 g/mol. The van der Waals surface area contributed by atoms with Crippen LogP contribution in [-0.4, -0.2) is 79.4 Å². The van der Waals surface area contributed by atoms with Crippen LogP contribution in [0.4, 0.5) is 5.69 Å². The van der Waals surface area contributed by atoms with Crippen molar-refractivity contribution in [1.29, 1.82) is 0 Å². The number of nitrogens with zero attached hydrogens (tertiary/aromatic N) is 1. The zero-order valence-corrected chi connectivity index (χ0v) is 32.9. The first-order chi connectivity index (χ1) is 25.0. The number of epoxide rings is 1. The highest BCUT2D eigenvalue weighted by Crippen LogP contribution is 2.70. The number of phenolic OH excluding ortho intramolecular Hbond substituents is 1. The van der Waals surface area contributed by atoms with Gasteiger partial charge in [-0.3, -0.25) is 9.59 Å². The molecule has 5 fully saturated rings. The van der Waals surface area contributed by atoms with E-state index in [9.17, 15) is 35.1 Å². The minimum absolute atomic E-state index is 0.0743. The molecule has 3 saturated carbocycles. The SMILES string of the molecule is CCCCC[C@H]1CC(=O)N(c2cc(O)cc(CC[C@]34CC[C@H]5C(=CC(=O)[C@@H]6C[C@@H](O)[C@@H](O)C[C@@]65C)[C@]3(O)CC[C@@H]4[C@@](C)(O)[C@@H]3O[C@H]3[C@H](C)C(C)C)c2)C1. The van der Waals surface area contributed by atoms with E-state index in [2.05, 4.69) is 34.6 Å². The number of carbonyl (C=O) groups is 2. The molecule has 0 bridgehead atoms. The summed E-state index contributed by atoms with van der Waals surface area (Å²) in [6.45, 7) is 13.3. The maximum Gasteiger partial charge on any atom is 0.227 e. The van der Waals surface area contributed by atoms with Crippen molar-refractivity contribution in [3.63, 3.8) is 0 Å². The predicted molar refractivity (Wildman–Crippen MR) is 203 cm³/mol. The largest absolute Gasteiger partial charge is 0.508 e. The first kappa shape index (κ1) is 39.0. The second kappa shape index (κ2) is 14.0. The average molecular weight is 736 g/mol. The summed E-state index contributed by atoms with van der Waals surface area (Å²) in [7, 11) is 0. The molecule has 9 heteroatoms. The Morgan fingerprint density at radius 2 is 1.79 bits per heavy atom. The monoisotopic (exact) mass is 735 g/mol. The van der Waals surface area contributed by atoms with Crippen LogP contribution in [0, 0.1) is 46.3 Å². The highest BCUT2D eigenvalue weighted by molar-refractivity contribution is 5.96. The zero-order valence-electron chi connectivity index (χ0n) is 32.9. The normalized spacial score (nSPS) is 41.1. The van der Waals surface area contributed by atoms with Gasteiger partial charge in [-0.15, -0.1) is 0 Å². The Bertz CT molecular complexity index is 1600. The molecule has 9 nitrogen and oxygen atoms in total. The molecular formula is C44H65NO8. The van der Waals surface area contributed by atoms with Crippen LogP contribution < -0.4 is 4.90 Å². The Kier molecular flexibility index (Phi) is 10.3. The highest BCUT2D eigenvalue weighted by atomic mass is 16.6. The summed E-state index contributed by atoms with van der Waals surface area (Å²) >= 11 is 0. The first-order valence-electron chi connectivity index (χ1n) is 20.8. The number of rotatable bonds is 12. The van der Waals surface area contributed by atoms with E-state index in [1.807, 2.05) is 17.9 Å². The van der Waals surface area contributed by atoms with Crippen molar-refractivity contribution < 1.29 is 39.9 Å². The lowest BCUT2D eigenvalue weighted by atomic mass is 9.44. The van der Waals surface area contributed by atoms with E-state index < -0.39 is 40.2 Å². The summed E-state index contributed by atoms with van der Waals surface area (Å²) < 4.78 is 6.29. The molecule has 2 saturated heterocycles. The number of benzene rings is 1. The van der Waals surface area contributed by atoms with Crippen molar-refractivity contribution in [3.8, 4) is 5.75 Å². The van der Waals surface area contributed by atoms with Crippen LogP contribution in [0.1, 0.15) is 124 Å². The van der Waals surface area contributed by atoms with Crippen LogP contribution in [0.2, 0.25) is 0 Å². The molecule has 6 aliphatic rings. The molecule has 1 aromatic rings. The quantitative estimate of drug-likeness (QED) is 0.125. The summed E-state index contributed by atoms with van der Waals surface area (Å²) in [5.41, 5.74) is -1.72. The Balaban J connectivity index is 1.22. The number of unbranched alkanes of at least 4 members (excludes halogenated alkanes) is 2. The fourth-order valence-corrected chi connectivity index (χ4v) is 12.4. The number of amides is 1. The molecule has 1 aromatic carbocycles. The molecule has 0 unspecified atom stereocenters. The number of aryl methyl sites for hydroxylation is 1. The van der Waals surface area contributed by atoms with Gasteiger partial charge in [0.05, 0.1) is 29.5 Å². The van der Waals surface area contributed by atoms with E-state index in [0.717, 1.165) is 36.8 Å². The van der Waals surface area contributed by atoms with Crippen LogP contribution in [0.15, 0.2) is 29.8 Å². The number of aliphatic hydroxyl groups is 4. The number of anilines is 1. The van der Waals surface area contributed by atoms with Crippen molar-refractivity contribution in [2.24, 2.45) is 46.3 Å². The summed E-state index contributed by atoms with van der Waals surface area (Å²) in [6, 6.07) is 5.42. The van der Waals surface area contributed by atoms with Gasteiger partial charge < -0.3 is 35.2 Å². The smallest absolute Gasteiger partial charge is 0.227 e. The Labute approximate surface area is 316 Å². The van der Waals surface area contributed by atoms with Crippen LogP contribution in [-0.2, 0) is 20.7 Å². The van der Waals surface area contributed by atoms with E-state index in [0.29, 0.717) is 75.4 Å². The van der Waals surface area contributed by atoms with E-state index in [-0.39, 0.29) is 53.8 Å². The Morgan fingerprint density at radius 3 is 2.51 bits per heavy atom. The summed E-state index contributed by atoms with van der Waals surface area (Å²) in [5, 5.41) is 58.3. The summed E-state index contributed by atoms with van der Waals surface area (Å²) in [4.78, 5) is 29.0. The van der Waals surface area contributed by atoms with Crippen LogP contribution in [0.5, 0.6) is 5.75 Å². The van der Waals surface area contributed by atoms with Crippen LogP contribution in [0.25, 0.3) is 0 Å². The molecule has 4 aliphatic carbocycles. The zero-order chi connectivity index (χ0) is 38.2. The summed E-state index contributed by atoms with van der Waals surface area (Å²) in [5.74, 6) is 0.145. The van der Waals surface area contributed by atoms with Gasteiger partial charge in [-0.05, 0) is 129 Å². The minimum atomic E-state index is -1.38. The molecule has 1 amide bonds. The molecule has 2 aliphatic heterocycles. The molecule has 5 N–H and O–H groups in total. The Hall–Kier alpha value is -2.30. The van der Waals surface area contributed by atoms with E-state index >= 15 is 0 Å². The van der Waals surface area contributed by atoms with Gasteiger partial charge in [-0.25, -0.2) is 0 Å². The third-order valence-corrected chi connectivity index (χ3v) is 15.8. The van der Waals surface area contributed by atoms with Crippen molar-refractivity contribution >= 4 is 17.4 Å². The fraction of sp³-hybridized carbons (Fsp3) is 0.773. The molecule has 2 heterocycles. The number of ether oxygens (including phenoxy) is 1. The standard InChI is InChI=1S/C44H65NO8/c1-7-8-9-10-28-19-38(50)45(24-28)29-17-27(18-30(46)20-29)11-14-43-15-12-31-32(21-34(47)33-22-35(48)36(49)23-41(31,33)5)44(43,52)16-13-37(43)42(6,51)40-39(53-40)26(4)25(2)3/h17-18,20-21,25-26,28,31,33,35-37,39-40,46,48-49,51-52H,7-16,19,22-24H2,1-6H3/t26-,28+,31+,33+,35-,36+,37-,39+,40-,41-,42-,43-,44-/m1/s1. The molecule has 294 valence electrons. The van der Waals surface area contributed by atoms with Crippen molar-refractivity contribution in [3.05, 3.63) is 35.4 Å². The lowest BCUT2D eigenvalue weighted by molar-refractivity contribution is -0.168. The van der Waals surface area contributed by atoms with Crippen molar-refractivity contribution in [2.45, 2.75) is 161 Å². The molecule has 7 rings (SSSR count). The predicted octanol–water partition coefficient (Wildman–Crippen LogP) is 6.25. The number of aromatic hydroxyl groups is 1. The lowest BCUT2D eigenvalue weighted by Crippen LogP contribution is -2.63. The van der Waals surface area contributed by atoms with Gasteiger partial charge in [-0.1, -0.05) is 53.9 Å². The maximum absolute atomic E-state index is 13.9. The second-order valence-electron chi connectivity index (χ2n) is 19.1. The lowest BCUT2D eigenvalue weighted by Gasteiger charge is -2.61. The maximum atomic E-state index is 13.9. The number of carbonyl (C=O) groups excluding carboxylic acids is 2. The number of hydrogen-bond acceptors (Lipinski definition) is 8. The molecule has 53 heavy (non-hydrogen) atoms. The number of ketones is 1. The van der Waals surface area contributed by atoms with Gasteiger partial charge in [0.1, 0.15) is 11.9 Å². The number of allylic oxidation sites excluding steroid dienone is 1. The fourth-order valence-electron chi connectivity index (χ4n) is 12.4. The highest BCUT2D eigenvalue weighted by Gasteiger charge is 2.72. The number of hydrogen-bond donors (Lipinski definition) is 5. The summed E-state index contributed by atoms with van der Waals surface area (Å²) in [6.07, 6.45) is 8.11. The van der Waals surface area contributed by atoms with Crippen LogP contribution in [0.3, 0.4) is 0 Å². The van der Waals surface area contributed by atoms with Gasteiger partial charge in [0.2, 0.25) is 5.91 Å². The Morgan fingerprint density at radius 1 is 1.04 bits per heavy atom. The van der Waals surface area contributed by atoms with Gasteiger partial charge >= 0.3 is 0 Å². The van der Waals surface area contributed by atoms with E-state index in [1.165, 1.54) is 0 Å². The van der Waals surface area contributed by atoms with Gasteiger partial charge in [0.15, 0.2) is 5.78 Å². The van der Waals surface area contributed by atoms with Crippen molar-refractivity contribution in [2.75, 3.05) is 11.4 Å². The van der Waals surface area contributed by atoms with E-state index in [1.54, 1.807) is 18.2 Å². The topological polar surface area (TPSA) is 151 Å². The third-order valence-electron chi connectivity index (χ3n) is 15.8. The number of phenols is 1. The average Bonchev–Trinajstić information content (AvgIpc) is 3.73. The third kappa shape index (κ3) is 6.42. The first-order valence-corrected chi connectivity index (χ1v) is 20.8. The van der Waals surface area contributed by atoms with Gasteiger partial charge in [0, 0.05) is 36.1 Å². The number of fused-ring (bicyclic) bond motifs is 5. The van der Waals surface area contributed by atoms with Crippen LogP contribution >= 0.6 is 0 Å². The molecule has 0 radical (unpaired) electrons.